The number of nitrogens with zero attached hydrogens (tertiary/aromatic N) is 2. The van der Waals surface area contributed by atoms with Gasteiger partial charge in [-0.25, -0.2) is 13.1 Å². The molecule has 0 atom stereocenters. The molecule has 0 unspecified atom stereocenters. The first-order valence-electron chi connectivity index (χ1n) is 9.29. The normalized spacial score (nSPS) is 14.5. The van der Waals surface area contributed by atoms with Gasteiger partial charge >= 0.3 is 0 Å². The molecule has 0 bridgehead atoms. The molecule has 0 spiro atoms. The summed E-state index contributed by atoms with van der Waals surface area (Å²) in [6.45, 7) is 1.22. The Morgan fingerprint density at radius 3 is 2.62 bits per heavy atom. The van der Waals surface area contributed by atoms with Gasteiger partial charge in [0.15, 0.2) is 5.96 Å². The molecular formula is C18H28IN5O4S. The SMILES string of the molecule is CN=C(NCCNS(=O)(=O)c1cccc([N+](=O)[O-])c1)NCCC1=CCCCC1.I. The van der Waals surface area contributed by atoms with Gasteiger partial charge in [-0.15, -0.1) is 24.0 Å². The molecule has 1 aromatic rings. The van der Waals surface area contributed by atoms with Crippen molar-refractivity contribution in [3.63, 3.8) is 0 Å². The number of nitro groups is 1. The van der Waals surface area contributed by atoms with Crippen LogP contribution in [-0.2, 0) is 10.0 Å². The van der Waals surface area contributed by atoms with E-state index in [-0.39, 0.29) is 41.1 Å². The number of nitro benzene ring substituents is 1. The van der Waals surface area contributed by atoms with Crippen molar-refractivity contribution in [3.05, 3.63) is 46.0 Å². The van der Waals surface area contributed by atoms with Crippen LogP contribution in [0.25, 0.3) is 0 Å². The molecule has 29 heavy (non-hydrogen) atoms. The Bertz CT molecular complexity index is 842. The second-order valence-electron chi connectivity index (χ2n) is 6.44. The van der Waals surface area contributed by atoms with E-state index in [1.54, 1.807) is 7.05 Å². The van der Waals surface area contributed by atoms with Crippen LogP contribution in [0.2, 0.25) is 0 Å². The zero-order valence-corrected chi connectivity index (χ0v) is 19.5. The minimum absolute atomic E-state index is 0. The van der Waals surface area contributed by atoms with E-state index >= 15 is 0 Å². The molecule has 3 N–H and O–H groups in total. The topological polar surface area (TPSA) is 126 Å². The van der Waals surface area contributed by atoms with E-state index in [1.807, 2.05) is 0 Å². The molecule has 0 saturated carbocycles. The Morgan fingerprint density at radius 2 is 1.97 bits per heavy atom. The first kappa shape index (κ1) is 25.3. The van der Waals surface area contributed by atoms with E-state index in [9.17, 15) is 18.5 Å². The van der Waals surface area contributed by atoms with Crippen molar-refractivity contribution in [2.24, 2.45) is 4.99 Å². The van der Waals surface area contributed by atoms with Gasteiger partial charge < -0.3 is 10.6 Å². The van der Waals surface area contributed by atoms with Crippen LogP contribution in [0.3, 0.4) is 0 Å². The Balaban J connectivity index is 0.00000420. The summed E-state index contributed by atoms with van der Waals surface area (Å²) in [5.41, 5.74) is 1.21. The summed E-state index contributed by atoms with van der Waals surface area (Å²) in [5.74, 6) is 0.603. The van der Waals surface area contributed by atoms with Gasteiger partial charge in [0.1, 0.15) is 0 Å². The number of halogens is 1. The van der Waals surface area contributed by atoms with Crippen LogP contribution in [-0.4, -0.2) is 46.0 Å². The Labute approximate surface area is 188 Å². The Hall–Kier alpha value is -1.73. The fourth-order valence-electron chi connectivity index (χ4n) is 2.91. The molecule has 0 radical (unpaired) electrons. The van der Waals surface area contributed by atoms with E-state index < -0.39 is 14.9 Å². The summed E-state index contributed by atoms with van der Waals surface area (Å²) in [7, 11) is -2.16. The van der Waals surface area contributed by atoms with Crippen LogP contribution in [0.4, 0.5) is 5.69 Å². The highest BCUT2D eigenvalue weighted by Crippen LogP contribution is 2.19. The first-order valence-corrected chi connectivity index (χ1v) is 10.8. The van der Waals surface area contributed by atoms with Crippen LogP contribution >= 0.6 is 24.0 Å². The lowest BCUT2D eigenvalue weighted by Crippen LogP contribution is -2.41. The first-order chi connectivity index (χ1) is 13.4. The predicted molar refractivity (Wildman–Crippen MR) is 124 cm³/mol. The zero-order chi connectivity index (χ0) is 20.4. The summed E-state index contributed by atoms with van der Waals surface area (Å²) in [4.78, 5) is 14.1. The lowest BCUT2D eigenvalue weighted by molar-refractivity contribution is -0.385. The van der Waals surface area contributed by atoms with E-state index in [4.69, 9.17) is 0 Å². The third-order valence-electron chi connectivity index (χ3n) is 4.40. The molecule has 0 fully saturated rings. The van der Waals surface area contributed by atoms with Crippen molar-refractivity contribution in [2.45, 2.75) is 37.0 Å². The van der Waals surface area contributed by atoms with Gasteiger partial charge in [0.25, 0.3) is 5.69 Å². The highest BCUT2D eigenvalue weighted by Gasteiger charge is 2.17. The van der Waals surface area contributed by atoms with Crippen LogP contribution in [0, 0.1) is 10.1 Å². The van der Waals surface area contributed by atoms with Crippen LogP contribution in [0.1, 0.15) is 32.1 Å². The molecule has 11 heteroatoms. The number of guanidine groups is 1. The third-order valence-corrected chi connectivity index (χ3v) is 5.85. The molecule has 2 rings (SSSR count). The number of benzene rings is 1. The molecule has 0 aliphatic heterocycles. The Kier molecular flexibility index (Phi) is 11.1. The third kappa shape index (κ3) is 8.66. The smallest absolute Gasteiger partial charge is 0.270 e. The molecule has 1 aliphatic rings. The van der Waals surface area contributed by atoms with Crippen molar-refractivity contribution in [3.8, 4) is 0 Å². The predicted octanol–water partition coefficient (Wildman–Crippen LogP) is 2.55. The molecule has 0 heterocycles. The van der Waals surface area contributed by atoms with E-state index in [0.717, 1.165) is 31.9 Å². The monoisotopic (exact) mass is 537 g/mol. The lowest BCUT2D eigenvalue weighted by Gasteiger charge is -2.15. The molecule has 0 aromatic heterocycles. The molecule has 162 valence electrons. The maximum atomic E-state index is 12.3. The minimum atomic E-state index is -3.81. The van der Waals surface area contributed by atoms with Crippen molar-refractivity contribution >= 4 is 45.6 Å². The summed E-state index contributed by atoms with van der Waals surface area (Å²) in [5, 5.41) is 17.0. The average Bonchev–Trinajstić information content (AvgIpc) is 2.70. The number of rotatable bonds is 9. The van der Waals surface area contributed by atoms with Gasteiger partial charge in [0, 0.05) is 38.8 Å². The van der Waals surface area contributed by atoms with Crippen molar-refractivity contribution in [2.75, 3.05) is 26.7 Å². The second kappa shape index (κ2) is 12.8. The summed E-state index contributed by atoms with van der Waals surface area (Å²) < 4.78 is 26.9. The van der Waals surface area contributed by atoms with Gasteiger partial charge in [-0.1, -0.05) is 17.7 Å². The number of hydrogen-bond acceptors (Lipinski definition) is 5. The number of hydrogen-bond donors (Lipinski definition) is 3. The highest BCUT2D eigenvalue weighted by molar-refractivity contribution is 14.0. The van der Waals surface area contributed by atoms with E-state index in [0.29, 0.717) is 12.5 Å². The molecule has 1 aliphatic carbocycles. The number of non-ortho nitro benzene ring substituents is 1. The standard InChI is InChI=1S/C18H27N5O4S.HI/c1-19-18(20-11-10-15-6-3-2-4-7-15)21-12-13-22-28(26,27)17-9-5-8-16(14-17)23(24)25;/h5-6,8-9,14,22H,2-4,7,10-13H2,1H3,(H2,19,20,21);1H. The summed E-state index contributed by atoms with van der Waals surface area (Å²) in [6.07, 6.45) is 8.13. The van der Waals surface area contributed by atoms with Gasteiger partial charge in [0.2, 0.25) is 10.0 Å². The average molecular weight is 537 g/mol. The molecule has 9 nitrogen and oxygen atoms in total. The molecule has 0 saturated heterocycles. The summed E-state index contributed by atoms with van der Waals surface area (Å²) >= 11 is 0. The molecule has 0 amide bonds. The van der Waals surface area contributed by atoms with Gasteiger partial charge in [-0.05, 0) is 38.2 Å². The van der Waals surface area contributed by atoms with E-state index in [2.05, 4.69) is 26.4 Å². The minimum Gasteiger partial charge on any atom is -0.356 e. The van der Waals surface area contributed by atoms with Crippen LogP contribution in [0.5, 0.6) is 0 Å². The maximum absolute atomic E-state index is 12.3. The quantitative estimate of drug-likeness (QED) is 0.0846. The largest absolute Gasteiger partial charge is 0.356 e. The maximum Gasteiger partial charge on any atom is 0.270 e. The van der Waals surface area contributed by atoms with E-state index in [1.165, 1.54) is 36.6 Å². The fraction of sp³-hybridized carbons (Fsp3) is 0.500. The highest BCUT2D eigenvalue weighted by atomic mass is 127. The van der Waals surface area contributed by atoms with Crippen molar-refractivity contribution in [1.29, 1.82) is 0 Å². The van der Waals surface area contributed by atoms with Crippen LogP contribution < -0.4 is 15.4 Å². The number of nitrogens with one attached hydrogen (secondary N) is 3. The fourth-order valence-corrected chi connectivity index (χ4v) is 3.98. The second-order valence-corrected chi connectivity index (χ2v) is 8.20. The van der Waals surface area contributed by atoms with Crippen molar-refractivity contribution in [1.82, 2.24) is 15.4 Å². The summed E-state index contributed by atoms with van der Waals surface area (Å²) in [6, 6.07) is 4.96. The molecule has 1 aromatic carbocycles. The number of sulfonamides is 1. The zero-order valence-electron chi connectivity index (χ0n) is 16.4. The van der Waals surface area contributed by atoms with Gasteiger partial charge in [0.05, 0.1) is 9.82 Å². The van der Waals surface area contributed by atoms with Crippen molar-refractivity contribution < 1.29 is 13.3 Å². The Morgan fingerprint density at radius 1 is 1.21 bits per heavy atom. The van der Waals surface area contributed by atoms with Gasteiger partial charge in [-0.3, -0.25) is 15.1 Å². The van der Waals surface area contributed by atoms with Gasteiger partial charge in [-0.2, -0.15) is 0 Å². The van der Waals surface area contributed by atoms with Crippen LogP contribution in [0.15, 0.2) is 45.8 Å². The lowest BCUT2D eigenvalue weighted by atomic mass is 9.97. The number of aliphatic imine (C=N–C) groups is 1. The molecular weight excluding hydrogens is 509 g/mol. The number of allylic oxidation sites excluding steroid dienone is 1.